The summed E-state index contributed by atoms with van der Waals surface area (Å²) in [6.45, 7) is 11.0. The molecule has 0 atom stereocenters. The fraction of sp³-hybridized carbons (Fsp3) is 0.650. The van der Waals surface area contributed by atoms with Crippen molar-refractivity contribution in [2.75, 3.05) is 20.1 Å². The number of piperidine rings is 1. The van der Waals surface area contributed by atoms with Gasteiger partial charge in [0.05, 0.1) is 0 Å². The Morgan fingerprint density at radius 3 is 2.48 bits per heavy atom. The van der Waals surface area contributed by atoms with E-state index in [0.29, 0.717) is 18.5 Å². The van der Waals surface area contributed by atoms with Gasteiger partial charge in [0.25, 0.3) is 0 Å². The van der Waals surface area contributed by atoms with Crippen molar-refractivity contribution in [1.29, 1.82) is 0 Å². The van der Waals surface area contributed by atoms with Crippen LogP contribution in [0.15, 0.2) is 18.2 Å². The summed E-state index contributed by atoms with van der Waals surface area (Å²) in [7, 11) is 1.99. The number of benzene rings is 1. The molecule has 128 valence electrons. The normalized spacial score (nSPS) is 16.8. The van der Waals surface area contributed by atoms with E-state index >= 15 is 0 Å². The van der Waals surface area contributed by atoms with Gasteiger partial charge in [0.2, 0.25) is 5.91 Å². The third-order valence-corrected chi connectivity index (χ3v) is 5.28. The van der Waals surface area contributed by atoms with Crippen LogP contribution < -0.4 is 0 Å². The van der Waals surface area contributed by atoms with Crippen molar-refractivity contribution in [3.05, 3.63) is 34.9 Å². The van der Waals surface area contributed by atoms with E-state index in [1.165, 1.54) is 16.7 Å². The first kappa shape index (κ1) is 18.0. The van der Waals surface area contributed by atoms with Gasteiger partial charge in [0, 0.05) is 38.6 Å². The van der Waals surface area contributed by atoms with Crippen molar-refractivity contribution in [2.24, 2.45) is 0 Å². The SMILES string of the molecule is Cc1ccc(CCC(=O)N(C)C2CCN(C(C)C)CC2)c(C)c1. The number of nitrogens with zero attached hydrogens (tertiary/aromatic N) is 2. The van der Waals surface area contributed by atoms with E-state index in [0.717, 1.165) is 32.4 Å². The van der Waals surface area contributed by atoms with Crippen molar-refractivity contribution in [3.63, 3.8) is 0 Å². The van der Waals surface area contributed by atoms with Gasteiger partial charge in [-0.25, -0.2) is 0 Å². The lowest BCUT2D eigenvalue weighted by Crippen LogP contribution is -2.47. The van der Waals surface area contributed by atoms with E-state index in [9.17, 15) is 4.79 Å². The largest absolute Gasteiger partial charge is 0.343 e. The van der Waals surface area contributed by atoms with Crippen LogP contribution in [0.5, 0.6) is 0 Å². The van der Waals surface area contributed by atoms with Gasteiger partial charge in [-0.2, -0.15) is 0 Å². The average molecular weight is 316 g/mol. The first-order valence-electron chi connectivity index (χ1n) is 8.94. The highest BCUT2D eigenvalue weighted by molar-refractivity contribution is 5.76. The lowest BCUT2D eigenvalue weighted by molar-refractivity contribution is -0.132. The molecule has 1 aliphatic heterocycles. The summed E-state index contributed by atoms with van der Waals surface area (Å²) in [5.74, 6) is 0.285. The second-order valence-electron chi connectivity index (χ2n) is 7.30. The van der Waals surface area contributed by atoms with Gasteiger partial charge in [0.1, 0.15) is 0 Å². The summed E-state index contributed by atoms with van der Waals surface area (Å²) in [4.78, 5) is 17.0. The molecule has 0 spiro atoms. The van der Waals surface area contributed by atoms with Crippen LogP contribution in [-0.4, -0.2) is 47.9 Å². The zero-order chi connectivity index (χ0) is 17.0. The highest BCUT2D eigenvalue weighted by Gasteiger charge is 2.26. The predicted molar refractivity (Wildman–Crippen MR) is 96.7 cm³/mol. The summed E-state index contributed by atoms with van der Waals surface area (Å²) in [5, 5.41) is 0. The quantitative estimate of drug-likeness (QED) is 0.829. The topological polar surface area (TPSA) is 23.6 Å². The minimum absolute atomic E-state index is 0.285. The van der Waals surface area contributed by atoms with Crippen molar-refractivity contribution < 1.29 is 4.79 Å². The standard InChI is InChI=1S/C20H32N2O/c1-15(2)22-12-10-19(11-13-22)21(5)20(23)9-8-18-7-6-16(3)14-17(18)4/h6-7,14-15,19H,8-13H2,1-5H3. The molecule has 1 saturated heterocycles. The average Bonchev–Trinajstić information content (AvgIpc) is 2.53. The number of rotatable bonds is 5. The number of aryl methyl sites for hydroxylation is 3. The summed E-state index contributed by atoms with van der Waals surface area (Å²) in [6, 6.07) is 7.53. The number of amides is 1. The lowest BCUT2D eigenvalue weighted by atomic mass is 9.99. The second kappa shape index (κ2) is 7.96. The first-order valence-corrected chi connectivity index (χ1v) is 8.94. The Morgan fingerprint density at radius 1 is 1.26 bits per heavy atom. The van der Waals surface area contributed by atoms with Crippen LogP contribution >= 0.6 is 0 Å². The smallest absolute Gasteiger partial charge is 0.222 e. The van der Waals surface area contributed by atoms with Gasteiger partial charge in [-0.05, 0) is 58.1 Å². The van der Waals surface area contributed by atoms with Crippen LogP contribution in [-0.2, 0) is 11.2 Å². The van der Waals surface area contributed by atoms with Crippen molar-refractivity contribution in [2.45, 2.75) is 65.5 Å². The van der Waals surface area contributed by atoms with E-state index in [2.05, 4.69) is 50.8 Å². The molecular weight excluding hydrogens is 284 g/mol. The molecule has 1 fully saturated rings. The maximum absolute atomic E-state index is 12.5. The molecule has 3 heteroatoms. The summed E-state index contributed by atoms with van der Waals surface area (Å²) >= 11 is 0. The Balaban J connectivity index is 1.83. The third-order valence-electron chi connectivity index (χ3n) is 5.28. The molecule has 3 nitrogen and oxygen atoms in total. The van der Waals surface area contributed by atoms with Crippen LogP contribution in [0.4, 0.5) is 0 Å². The molecule has 1 aromatic carbocycles. The Kier molecular flexibility index (Phi) is 6.23. The molecule has 0 aliphatic carbocycles. The highest BCUT2D eigenvalue weighted by Crippen LogP contribution is 2.19. The summed E-state index contributed by atoms with van der Waals surface area (Å²) in [6.07, 6.45) is 3.67. The number of carbonyl (C=O) groups is 1. The van der Waals surface area contributed by atoms with Crippen molar-refractivity contribution in [3.8, 4) is 0 Å². The fourth-order valence-corrected chi connectivity index (χ4v) is 3.54. The molecule has 1 amide bonds. The van der Waals surface area contributed by atoms with Gasteiger partial charge < -0.3 is 9.80 Å². The van der Waals surface area contributed by atoms with Crippen LogP contribution in [0.25, 0.3) is 0 Å². The highest BCUT2D eigenvalue weighted by atomic mass is 16.2. The van der Waals surface area contributed by atoms with E-state index < -0.39 is 0 Å². The molecule has 1 heterocycles. The number of hydrogen-bond acceptors (Lipinski definition) is 2. The fourth-order valence-electron chi connectivity index (χ4n) is 3.54. The molecule has 0 N–H and O–H groups in total. The van der Waals surface area contributed by atoms with Gasteiger partial charge >= 0.3 is 0 Å². The van der Waals surface area contributed by atoms with E-state index in [4.69, 9.17) is 0 Å². The van der Waals surface area contributed by atoms with Gasteiger partial charge in [-0.15, -0.1) is 0 Å². The number of carbonyl (C=O) groups excluding carboxylic acids is 1. The van der Waals surface area contributed by atoms with Crippen LogP contribution in [0.1, 0.15) is 49.8 Å². The summed E-state index contributed by atoms with van der Waals surface area (Å²) in [5.41, 5.74) is 3.88. The molecule has 0 unspecified atom stereocenters. The zero-order valence-corrected chi connectivity index (χ0v) is 15.4. The van der Waals surface area contributed by atoms with E-state index in [1.54, 1.807) is 0 Å². The van der Waals surface area contributed by atoms with Gasteiger partial charge in [0.15, 0.2) is 0 Å². The van der Waals surface area contributed by atoms with Crippen LogP contribution in [0.2, 0.25) is 0 Å². The molecule has 0 radical (unpaired) electrons. The Hall–Kier alpha value is -1.35. The zero-order valence-electron chi connectivity index (χ0n) is 15.4. The Bertz CT molecular complexity index is 530. The predicted octanol–water partition coefficient (Wildman–Crippen LogP) is 3.57. The van der Waals surface area contributed by atoms with Crippen molar-refractivity contribution in [1.82, 2.24) is 9.80 Å². The number of likely N-dealkylation sites (tertiary alicyclic amines) is 1. The van der Waals surface area contributed by atoms with Gasteiger partial charge in [-0.1, -0.05) is 23.8 Å². The Labute approximate surface area is 141 Å². The minimum atomic E-state index is 0.285. The third kappa shape index (κ3) is 4.81. The molecule has 23 heavy (non-hydrogen) atoms. The van der Waals surface area contributed by atoms with E-state index in [-0.39, 0.29) is 5.91 Å². The molecular formula is C20H32N2O. The lowest BCUT2D eigenvalue weighted by Gasteiger charge is -2.38. The number of hydrogen-bond donors (Lipinski definition) is 0. The molecule has 2 rings (SSSR count). The maximum Gasteiger partial charge on any atom is 0.222 e. The summed E-state index contributed by atoms with van der Waals surface area (Å²) < 4.78 is 0. The molecule has 1 aliphatic rings. The van der Waals surface area contributed by atoms with Crippen LogP contribution in [0.3, 0.4) is 0 Å². The molecule has 0 bridgehead atoms. The molecule has 0 aromatic heterocycles. The van der Waals surface area contributed by atoms with Gasteiger partial charge in [-0.3, -0.25) is 4.79 Å². The van der Waals surface area contributed by atoms with E-state index in [1.807, 2.05) is 11.9 Å². The van der Waals surface area contributed by atoms with Crippen LogP contribution in [0, 0.1) is 13.8 Å². The first-order chi connectivity index (χ1) is 10.9. The second-order valence-corrected chi connectivity index (χ2v) is 7.30. The van der Waals surface area contributed by atoms with Crippen molar-refractivity contribution >= 4 is 5.91 Å². The Morgan fingerprint density at radius 2 is 1.91 bits per heavy atom. The maximum atomic E-state index is 12.5. The molecule has 1 aromatic rings. The minimum Gasteiger partial charge on any atom is -0.343 e. The monoisotopic (exact) mass is 316 g/mol. The molecule has 0 saturated carbocycles.